The number of benzene rings is 1. The molecular formula is C10H11FN2O7S. The van der Waals surface area contributed by atoms with E-state index in [-0.39, 0.29) is 0 Å². The Morgan fingerprint density at radius 2 is 2.10 bits per heavy atom. The number of rotatable bonds is 6. The van der Waals surface area contributed by atoms with Crippen molar-refractivity contribution < 1.29 is 32.7 Å². The van der Waals surface area contributed by atoms with Gasteiger partial charge < -0.3 is 10.2 Å². The standard InChI is InChI=1S/C10H11FN2O7S/c1-10(16,9(14)15)5-12-21(19,20)8-4-6(13(17)18)2-3-7(8)11/h2-4,12,16H,5H2,1H3,(H,14,15). The number of nitrogens with one attached hydrogen (secondary N) is 1. The van der Waals surface area contributed by atoms with Crippen molar-refractivity contribution in [3.8, 4) is 0 Å². The molecular weight excluding hydrogens is 311 g/mol. The van der Waals surface area contributed by atoms with Crippen LogP contribution >= 0.6 is 0 Å². The van der Waals surface area contributed by atoms with Crippen LogP contribution in [0.15, 0.2) is 23.1 Å². The highest BCUT2D eigenvalue weighted by atomic mass is 32.2. The molecule has 3 N–H and O–H groups in total. The van der Waals surface area contributed by atoms with Gasteiger partial charge >= 0.3 is 5.97 Å². The molecule has 0 radical (unpaired) electrons. The average Bonchev–Trinajstić information content (AvgIpc) is 2.36. The topological polar surface area (TPSA) is 147 Å². The monoisotopic (exact) mass is 322 g/mol. The van der Waals surface area contributed by atoms with Crippen molar-refractivity contribution >= 4 is 21.7 Å². The fourth-order valence-electron chi connectivity index (χ4n) is 1.20. The number of hydrogen-bond donors (Lipinski definition) is 3. The van der Waals surface area contributed by atoms with Gasteiger partial charge in [0, 0.05) is 12.1 Å². The quantitative estimate of drug-likeness (QED) is 0.487. The summed E-state index contributed by atoms with van der Waals surface area (Å²) in [5, 5.41) is 28.6. The fraction of sp³-hybridized carbons (Fsp3) is 0.300. The minimum absolute atomic E-state index is 0.493. The normalized spacial score (nSPS) is 14.4. The van der Waals surface area contributed by atoms with Crippen LogP contribution in [0.2, 0.25) is 0 Å². The predicted molar refractivity (Wildman–Crippen MR) is 66.5 cm³/mol. The number of carboxylic acids is 1. The number of halogens is 1. The van der Waals surface area contributed by atoms with E-state index < -0.39 is 49.5 Å². The van der Waals surface area contributed by atoms with Crippen molar-refractivity contribution in [2.24, 2.45) is 0 Å². The summed E-state index contributed by atoms with van der Waals surface area (Å²) in [6, 6.07) is 1.87. The Kier molecular flexibility index (Phi) is 4.61. The second-order valence-electron chi connectivity index (χ2n) is 4.28. The summed E-state index contributed by atoms with van der Waals surface area (Å²) in [5.74, 6) is -2.94. The number of carboxylic acid groups (broad SMARTS) is 1. The summed E-state index contributed by atoms with van der Waals surface area (Å²) < 4.78 is 38.8. The van der Waals surface area contributed by atoms with Gasteiger partial charge in [0.25, 0.3) is 5.69 Å². The number of aliphatic hydroxyl groups is 1. The lowest BCUT2D eigenvalue weighted by atomic mass is 10.1. The maximum Gasteiger partial charge on any atom is 0.336 e. The Labute approximate surface area is 118 Å². The molecule has 1 unspecified atom stereocenters. The van der Waals surface area contributed by atoms with E-state index in [2.05, 4.69) is 0 Å². The molecule has 11 heteroatoms. The van der Waals surface area contributed by atoms with Crippen LogP contribution in [-0.4, -0.2) is 41.7 Å². The zero-order valence-corrected chi connectivity index (χ0v) is 11.4. The highest BCUT2D eigenvalue weighted by molar-refractivity contribution is 7.89. The van der Waals surface area contributed by atoms with Gasteiger partial charge in [-0.1, -0.05) is 0 Å². The minimum Gasteiger partial charge on any atom is -0.479 e. The molecule has 0 aliphatic carbocycles. The number of sulfonamides is 1. The molecule has 1 aromatic rings. The first-order valence-corrected chi connectivity index (χ1v) is 6.85. The van der Waals surface area contributed by atoms with E-state index in [0.29, 0.717) is 12.1 Å². The third-order valence-electron chi connectivity index (χ3n) is 2.48. The highest BCUT2D eigenvalue weighted by Crippen LogP contribution is 2.21. The molecule has 0 saturated heterocycles. The number of carbonyl (C=O) groups is 1. The Bertz CT molecular complexity index is 687. The minimum atomic E-state index is -4.57. The first-order chi connectivity index (χ1) is 9.47. The number of nitrogens with zero attached hydrogens (tertiary/aromatic N) is 1. The molecule has 0 spiro atoms. The SMILES string of the molecule is CC(O)(CNS(=O)(=O)c1cc([N+](=O)[O-])ccc1F)C(=O)O. The molecule has 1 atom stereocenters. The van der Waals surface area contributed by atoms with Crippen LogP contribution in [0.25, 0.3) is 0 Å². The molecule has 0 amide bonds. The van der Waals surface area contributed by atoms with Gasteiger partial charge in [0.2, 0.25) is 10.0 Å². The van der Waals surface area contributed by atoms with Gasteiger partial charge in [0.1, 0.15) is 10.7 Å². The molecule has 0 heterocycles. The summed E-state index contributed by atoms with van der Waals surface area (Å²) >= 11 is 0. The Hall–Kier alpha value is -2.11. The lowest BCUT2D eigenvalue weighted by Crippen LogP contribution is -2.46. The number of nitro benzene ring substituents is 1. The van der Waals surface area contributed by atoms with Crippen molar-refractivity contribution in [1.29, 1.82) is 0 Å². The van der Waals surface area contributed by atoms with Crippen LogP contribution in [0.3, 0.4) is 0 Å². The molecule has 0 aliphatic rings. The number of aliphatic carboxylic acids is 1. The third-order valence-corrected chi connectivity index (χ3v) is 3.90. The molecule has 9 nitrogen and oxygen atoms in total. The van der Waals surface area contributed by atoms with E-state index in [9.17, 15) is 32.8 Å². The van der Waals surface area contributed by atoms with Crippen LogP contribution in [0.5, 0.6) is 0 Å². The molecule has 116 valence electrons. The smallest absolute Gasteiger partial charge is 0.336 e. The van der Waals surface area contributed by atoms with Crippen LogP contribution in [0.1, 0.15) is 6.92 Å². The summed E-state index contributed by atoms with van der Waals surface area (Å²) in [4.78, 5) is 19.3. The Balaban J connectivity index is 3.11. The summed E-state index contributed by atoms with van der Waals surface area (Å²) in [6.45, 7) is -0.103. The summed E-state index contributed by atoms with van der Waals surface area (Å²) in [6.07, 6.45) is 0. The maximum absolute atomic E-state index is 13.5. The fourth-order valence-corrected chi connectivity index (χ4v) is 2.43. The molecule has 0 saturated carbocycles. The molecule has 0 aromatic heterocycles. The van der Waals surface area contributed by atoms with Gasteiger partial charge in [-0.25, -0.2) is 22.3 Å². The third kappa shape index (κ3) is 3.93. The van der Waals surface area contributed by atoms with Crippen LogP contribution < -0.4 is 4.72 Å². The maximum atomic E-state index is 13.5. The summed E-state index contributed by atoms with van der Waals surface area (Å²) in [7, 11) is -4.57. The molecule has 21 heavy (non-hydrogen) atoms. The van der Waals surface area contributed by atoms with Crippen LogP contribution in [0, 0.1) is 15.9 Å². The van der Waals surface area contributed by atoms with Crippen LogP contribution in [-0.2, 0) is 14.8 Å². The van der Waals surface area contributed by atoms with Crippen molar-refractivity contribution in [3.05, 3.63) is 34.1 Å². The van der Waals surface area contributed by atoms with E-state index in [1.54, 1.807) is 4.72 Å². The van der Waals surface area contributed by atoms with Gasteiger partial charge in [0.15, 0.2) is 5.60 Å². The first-order valence-electron chi connectivity index (χ1n) is 5.37. The van der Waals surface area contributed by atoms with Crippen LogP contribution in [0.4, 0.5) is 10.1 Å². The van der Waals surface area contributed by atoms with E-state index in [4.69, 9.17) is 5.11 Å². The molecule has 0 aliphatic heterocycles. The zero-order chi connectivity index (χ0) is 16.4. The van der Waals surface area contributed by atoms with E-state index >= 15 is 0 Å². The second kappa shape index (κ2) is 5.71. The molecule has 0 bridgehead atoms. The first kappa shape index (κ1) is 16.9. The summed E-state index contributed by atoms with van der Waals surface area (Å²) in [5.41, 5.74) is -3.06. The molecule has 1 rings (SSSR count). The number of hydrogen-bond acceptors (Lipinski definition) is 6. The Morgan fingerprint density at radius 3 is 2.57 bits per heavy atom. The van der Waals surface area contributed by atoms with Gasteiger partial charge in [0.05, 0.1) is 11.5 Å². The van der Waals surface area contributed by atoms with Gasteiger partial charge in [-0.3, -0.25) is 10.1 Å². The van der Waals surface area contributed by atoms with Crippen molar-refractivity contribution in [3.63, 3.8) is 0 Å². The lowest BCUT2D eigenvalue weighted by molar-refractivity contribution is -0.385. The van der Waals surface area contributed by atoms with Gasteiger partial charge in [-0.15, -0.1) is 0 Å². The van der Waals surface area contributed by atoms with Crippen molar-refractivity contribution in [1.82, 2.24) is 4.72 Å². The Morgan fingerprint density at radius 1 is 1.52 bits per heavy atom. The second-order valence-corrected chi connectivity index (χ2v) is 6.01. The van der Waals surface area contributed by atoms with Crippen molar-refractivity contribution in [2.75, 3.05) is 6.54 Å². The highest BCUT2D eigenvalue weighted by Gasteiger charge is 2.33. The zero-order valence-electron chi connectivity index (χ0n) is 10.6. The average molecular weight is 322 g/mol. The molecule has 0 fully saturated rings. The van der Waals surface area contributed by atoms with Gasteiger partial charge in [-0.05, 0) is 13.0 Å². The van der Waals surface area contributed by atoms with E-state index in [0.717, 1.165) is 13.0 Å². The number of nitro groups is 1. The molecule has 1 aromatic carbocycles. The van der Waals surface area contributed by atoms with E-state index in [1.807, 2.05) is 0 Å². The predicted octanol–water partition coefficient (Wildman–Crippen LogP) is -0.152. The van der Waals surface area contributed by atoms with Gasteiger partial charge in [-0.2, -0.15) is 0 Å². The largest absolute Gasteiger partial charge is 0.479 e. The number of non-ortho nitro benzene ring substituents is 1. The van der Waals surface area contributed by atoms with E-state index in [1.165, 1.54) is 0 Å². The lowest BCUT2D eigenvalue weighted by Gasteiger charge is -2.18. The van der Waals surface area contributed by atoms with Crippen molar-refractivity contribution in [2.45, 2.75) is 17.4 Å².